The zero-order valence-electron chi connectivity index (χ0n) is 13.6. The normalized spacial score (nSPS) is 11.1. The number of amides is 2. The van der Waals surface area contributed by atoms with Crippen LogP contribution in [-0.2, 0) is 19.6 Å². The molecule has 0 bridgehead atoms. The van der Waals surface area contributed by atoms with E-state index in [0.29, 0.717) is 17.8 Å². The van der Waals surface area contributed by atoms with Crippen LogP contribution in [0.2, 0.25) is 0 Å². The van der Waals surface area contributed by atoms with Crippen LogP contribution in [0.15, 0.2) is 24.3 Å². The molecule has 0 aliphatic heterocycles. The summed E-state index contributed by atoms with van der Waals surface area (Å²) in [6.07, 6.45) is 0.538. The Labute approximate surface area is 137 Å². The summed E-state index contributed by atoms with van der Waals surface area (Å²) in [5, 5.41) is 2.64. The lowest BCUT2D eigenvalue weighted by Gasteiger charge is -2.21. The Morgan fingerprint density at radius 3 is 2.22 bits per heavy atom. The van der Waals surface area contributed by atoms with Crippen molar-refractivity contribution in [2.75, 3.05) is 29.1 Å². The van der Waals surface area contributed by atoms with Gasteiger partial charge in [-0.05, 0) is 30.7 Å². The van der Waals surface area contributed by atoms with Gasteiger partial charge in [0, 0.05) is 38.3 Å². The molecule has 0 radical (unpaired) electrons. The molecule has 2 N–H and O–H groups in total. The molecule has 0 heterocycles. The highest BCUT2D eigenvalue weighted by molar-refractivity contribution is 7.89. The fourth-order valence-electron chi connectivity index (χ4n) is 2.05. The number of anilines is 2. The van der Waals surface area contributed by atoms with Crippen LogP contribution in [0.5, 0.6) is 0 Å². The predicted octanol–water partition coefficient (Wildman–Crippen LogP) is 1.33. The second-order valence-electron chi connectivity index (χ2n) is 5.11. The molecular weight excluding hydrogens is 318 g/mol. The van der Waals surface area contributed by atoms with Crippen LogP contribution < -0.4 is 14.9 Å². The quantitative estimate of drug-likeness (QED) is 0.745. The molecule has 0 unspecified atom stereocenters. The first-order chi connectivity index (χ1) is 10.7. The van der Waals surface area contributed by atoms with Gasteiger partial charge in [0.2, 0.25) is 21.8 Å². The molecule has 0 aliphatic rings. The fraction of sp³-hybridized carbons (Fsp3) is 0.467. The Morgan fingerprint density at radius 2 is 1.74 bits per heavy atom. The molecule has 0 aromatic heterocycles. The highest BCUT2D eigenvalue weighted by Gasteiger charge is 2.13. The maximum absolute atomic E-state index is 11.8. The molecule has 0 saturated carbocycles. The first-order valence-electron chi connectivity index (χ1n) is 7.38. The van der Waals surface area contributed by atoms with Crippen LogP contribution in [0.1, 0.15) is 27.2 Å². The first kappa shape index (κ1) is 19.1. The largest absolute Gasteiger partial charge is 0.326 e. The SMILES string of the molecule is CCCS(=O)(=O)NCCN(C(C)=O)c1ccc(NC(C)=O)cc1. The van der Waals surface area contributed by atoms with Crippen molar-refractivity contribution in [2.24, 2.45) is 0 Å². The highest BCUT2D eigenvalue weighted by Crippen LogP contribution is 2.18. The monoisotopic (exact) mass is 341 g/mol. The van der Waals surface area contributed by atoms with Gasteiger partial charge in [-0.3, -0.25) is 9.59 Å². The summed E-state index contributed by atoms with van der Waals surface area (Å²) in [5.41, 5.74) is 1.27. The summed E-state index contributed by atoms with van der Waals surface area (Å²) in [5.74, 6) is -0.295. The van der Waals surface area contributed by atoms with Gasteiger partial charge in [-0.1, -0.05) is 6.92 Å². The number of hydrogen-bond acceptors (Lipinski definition) is 4. The van der Waals surface area contributed by atoms with Crippen molar-refractivity contribution >= 4 is 33.2 Å². The molecule has 1 aromatic rings. The molecule has 8 heteroatoms. The molecule has 0 saturated heterocycles. The van der Waals surface area contributed by atoms with E-state index in [1.807, 2.05) is 0 Å². The number of nitrogens with one attached hydrogen (secondary N) is 2. The van der Waals surface area contributed by atoms with E-state index in [1.165, 1.54) is 18.7 Å². The molecule has 7 nitrogen and oxygen atoms in total. The topological polar surface area (TPSA) is 95.6 Å². The number of sulfonamides is 1. The summed E-state index contributed by atoms with van der Waals surface area (Å²) < 4.78 is 25.7. The van der Waals surface area contributed by atoms with Crippen LogP contribution >= 0.6 is 0 Å². The van der Waals surface area contributed by atoms with E-state index in [-0.39, 0.29) is 30.7 Å². The standard InChI is InChI=1S/C15H23N3O4S/c1-4-11-23(21,22)16-9-10-18(13(3)20)15-7-5-14(6-8-15)17-12(2)19/h5-8,16H,4,9-11H2,1-3H3,(H,17,19). The van der Waals surface area contributed by atoms with Crippen LogP contribution in [0.4, 0.5) is 11.4 Å². The third-order valence-electron chi connectivity index (χ3n) is 3.01. The second kappa shape index (κ2) is 8.64. The summed E-state index contributed by atoms with van der Waals surface area (Å²) in [6.45, 7) is 5.01. The Hall–Kier alpha value is -1.93. The summed E-state index contributed by atoms with van der Waals surface area (Å²) >= 11 is 0. The smallest absolute Gasteiger partial charge is 0.223 e. The zero-order chi connectivity index (χ0) is 17.5. The lowest BCUT2D eigenvalue weighted by atomic mass is 10.2. The summed E-state index contributed by atoms with van der Waals surface area (Å²) in [4.78, 5) is 24.2. The van der Waals surface area contributed by atoms with Gasteiger partial charge < -0.3 is 10.2 Å². The molecule has 0 aliphatic carbocycles. The van der Waals surface area contributed by atoms with Crippen LogP contribution in [-0.4, -0.2) is 39.1 Å². The lowest BCUT2D eigenvalue weighted by Crippen LogP contribution is -2.38. The lowest BCUT2D eigenvalue weighted by molar-refractivity contribution is -0.116. The van der Waals surface area contributed by atoms with Gasteiger partial charge in [-0.25, -0.2) is 13.1 Å². The Balaban J connectivity index is 2.71. The van der Waals surface area contributed by atoms with E-state index >= 15 is 0 Å². The number of carbonyl (C=O) groups excluding carboxylic acids is 2. The molecule has 0 spiro atoms. The number of nitrogens with zero attached hydrogens (tertiary/aromatic N) is 1. The van der Waals surface area contributed by atoms with Gasteiger partial charge in [0.05, 0.1) is 5.75 Å². The van der Waals surface area contributed by atoms with Crippen molar-refractivity contribution in [3.63, 3.8) is 0 Å². The molecule has 1 rings (SSSR count). The van der Waals surface area contributed by atoms with Gasteiger partial charge in [0.25, 0.3) is 0 Å². The third kappa shape index (κ3) is 6.79. The van der Waals surface area contributed by atoms with Gasteiger partial charge in [0.15, 0.2) is 0 Å². The number of hydrogen-bond donors (Lipinski definition) is 2. The van der Waals surface area contributed by atoms with Crippen LogP contribution in [0.25, 0.3) is 0 Å². The van der Waals surface area contributed by atoms with E-state index in [9.17, 15) is 18.0 Å². The molecule has 1 aromatic carbocycles. The maximum Gasteiger partial charge on any atom is 0.223 e. The molecule has 128 valence electrons. The minimum atomic E-state index is -3.29. The van der Waals surface area contributed by atoms with Crippen LogP contribution in [0.3, 0.4) is 0 Å². The van der Waals surface area contributed by atoms with Crippen LogP contribution in [0, 0.1) is 0 Å². The third-order valence-corrected chi connectivity index (χ3v) is 4.60. The van der Waals surface area contributed by atoms with Gasteiger partial charge in [-0.15, -0.1) is 0 Å². The first-order valence-corrected chi connectivity index (χ1v) is 9.03. The van der Waals surface area contributed by atoms with Crippen molar-refractivity contribution in [3.05, 3.63) is 24.3 Å². The van der Waals surface area contributed by atoms with E-state index in [2.05, 4.69) is 10.0 Å². The van der Waals surface area contributed by atoms with Crippen molar-refractivity contribution in [1.82, 2.24) is 4.72 Å². The highest BCUT2D eigenvalue weighted by atomic mass is 32.2. The predicted molar refractivity (Wildman–Crippen MR) is 90.9 cm³/mol. The average molecular weight is 341 g/mol. The summed E-state index contributed by atoms with van der Waals surface area (Å²) in [6, 6.07) is 6.78. The Bertz CT molecular complexity index is 641. The maximum atomic E-state index is 11.8. The van der Waals surface area contributed by atoms with E-state index < -0.39 is 10.0 Å². The molecule has 23 heavy (non-hydrogen) atoms. The Morgan fingerprint density at radius 1 is 1.13 bits per heavy atom. The second-order valence-corrected chi connectivity index (χ2v) is 7.04. The van der Waals surface area contributed by atoms with Gasteiger partial charge in [-0.2, -0.15) is 0 Å². The number of benzene rings is 1. The van der Waals surface area contributed by atoms with E-state index in [1.54, 1.807) is 31.2 Å². The number of rotatable bonds is 8. The fourth-order valence-corrected chi connectivity index (χ4v) is 3.13. The molecule has 0 fully saturated rings. The zero-order valence-corrected chi connectivity index (χ0v) is 14.4. The minimum Gasteiger partial charge on any atom is -0.326 e. The minimum absolute atomic E-state index is 0.0679. The molecule has 2 amide bonds. The van der Waals surface area contributed by atoms with E-state index in [0.717, 1.165) is 0 Å². The van der Waals surface area contributed by atoms with Crippen molar-refractivity contribution < 1.29 is 18.0 Å². The van der Waals surface area contributed by atoms with Crippen molar-refractivity contribution in [2.45, 2.75) is 27.2 Å². The Kier molecular flexibility index (Phi) is 7.18. The van der Waals surface area contributed by atoms with Gasteiger partial charge >= 0.3 is 0 Å². The number of carbonyl (C=O) groups is 2. The molecular formula is C15H23N3O4S. The average Bonchev–Trinajstić information content (AvgIpc) is 2.43. The summed E-state index contributed by atoms with van der Waals surface area (Å²) in [7, 11) is -3.29. The van der Waals surface area contributed by atoms with Crippen molar-refractivity contribution in [3.8, 4) is 0 Å². The van der Waals surface area contributed by atoms with E-state index in [4.69, 9.17) is 0 Å². The van der Waals surface area contributed by atoms with Crippen molar-refractivity contribution in [1.29, 1.82) is 0 Å². The van der Waals surface area contributed by atoms with Gasteiger partial charge in [0.1, 0.15) is 0 Å². The molecule has 0 atom stereocenters.